The lowest BCUT2D eigenvalue weighted by Gasteiger charge is -2.21. The fourth-order valence-electron chi connectivity index (χ4n) is 2.83. The Morgan fingerprint density at radius 3 is 2.85 bits per heavy atom. The number of hydrogen-bond acceptors (Lipinski definition) is 3. The normalized spacial score (nSPS) is 26.3. The molecule has 2 aliphatic rings. The van der Waals surface area contributed by atoms with Crippen LogP contribution in [-0.4, -0.2) is 22.0 Å². The average Bonchev–Trinajstić information content (AvgIpc) is 3.08. The number of nitrogens with zero attached hydrogens (tertiary/aromatic N) is 1. The first-order valence-electron chi connectivity index (χ1n) is 6.67. The Morgan fingerprint density at radius 2 is 2.20 bits per heavy atom. The number of amides is 1. The minimum atomic E-state index is -0.255. The van der Waals surface area contributed by atoms with E-state index in [-0.39, 0.29) is 5.91 Å². The molecule has 3 atom stereocenters. The summed E-state index contributed by atoms with van der Waals surface area (Å²) in [6.07, 6.45) is 9.99. The summed E-state index contributed by atoms with van der Waals surface area (Å²) in [5, 5.41) is 3.71. The number of rotatable bonds is 2. The second kappa shape index (κ2) is 5.58. The molecule has 0 spiro atoms. The molecule has 104 valence electrons. The van der Waals surface area contributed by atoms with Crippen molar-refractivity contribution in [2.45, 2.75) is 18.9 Å². The maximum absolute atomic E-state index is 11.8. The Balaban J connectivity index is 1.46. The van der Waals surface area contributed by atoms with E-state index in [9.17, 15) is 4.79 Å². The molecule has 1 fully saturated rings. The highest BCUT2D eigenvalue weighted by Crippen LogP contribution is 2.38. The third kappa shape index (κ3) is 2.80. The maximum atomic E-state index is 11.8. The van der Waals surface area contributed by atoms with Gasteiger partial charge in [0.1, 0.15) is 0 Å². The molecule has 1 saturated carbocycles. The Labute approximate surface area is 122 Å². The number of hydrazine groups is 1. The minimum absolute atomic E-state index is 0.255. The molecule has 5 nitrogen and oxygen atoms in total. The van der Waals surface area contributed by atoms with Crippen LogP contribution in [0, 0.1) is 11.8 Å². The van der Waals surface area contributed by atoms with Gasteiger partial charge in [-0.1, -0.05) is 12.2 Å². The molecule has 1 aromatic heterocycles. The van der Waals surface area contributed by atoms with Gasteiger partial charge in [0.25, 0.3) is 5.91 Å². The molecular weight excluding hydrogens is 272 g/mol. The first-order valence-corrected chi connectivity index (χ1v) is 7.08. The summed E-state index contributed by atoms with van der Waals surface area (Å²) in [4.78, 5) is 15.7. The number of thiocarbonyl (C=S) groups is 1. The Kier molecular flexibility index (Phi) is 3.64. The van der Waals surface area contributed by atoms with Crippen molar-refractivity contribution < 1.29 is 4.79 Å². The maximum Gasteiger partial charge on any atom is 0.271 e. The van der Waals surface area contributed by atoms with Gasteiger partial charge in [0.15, 0.2) is 5.11 Å². The van der Waals surface area contributed by atoms with Gasteiger partial charge in [0.05, 0.1) is 5.56 Å². The first kappa shape index (κ1) is 13.1. The number of carbonyl (C=O) groups excluding carboxylic acids is 1. The monoisotopic (exact) mass is 288 g/mol. The molecule has 2 bridgehead atoms. The van der Waals surface area contributed by atoms with E-state index < -0.39 is 0 Å². The van der Waals surface area contributed by atoms with Crippen LogP contribution in [0.2, 0.25) is 0 Å². The Hall–Kier alpha value is -1.95. The van der Waals surface area contributed by atoms with Crippen molar-refractivity contribution in [3.8, 4) is 0 Å². The SMILES string of the molecule is O=C(NNC(=S)N[C@@H]1C[C@@H]2C=C[C@H]1C2)c1cccnc1. The lowest BCUT2D eigenvalue weighted by molar-refractivity contribution is 0.0943. The molecule has 0 aromatic carbocycles. The standard InChI is InChI=1S/C14H16N4OS/c19-13(11-2-1-5-15-8-11)17-18-14(20)16-12-7-9-3-4-10(12)6-9/h1-5,8-10,12H,6-7H2,(H,17,19)(H2,16,18,20)/t9-,10+,12-/m1/s1. The Bertz CT molecular complexity index is 545. The van der Waals surface area contributed by atoms with Crippen molar-refractivity contribution in [1.29, 1.82) is 0 Å². The molecule has 1 amide bonds. The third-order valence-corrected chi connectivity index (χ3v) is 4.03. The number of nitrogens with one attached hydrogen (secondary N) is 3. The van der Waals surface area contributed by atoms with Gasteiger partial charge in [-0.15, -0.1) is 0 Å². The fraction of sp³-hybridized carbons (Fsp3) is 0.357. The average molecular weight is 288 g/mol. The van der Waals surface area contributed by atoms with Gasteiger partial charge in [-0.3, -0.25) is 20.6 Å². The summed E-state index contributed by atoms with van der Waals surface area (Å²) in [5.74, 6) is 0.995. The number of pyridine rings is 1. The molecule has 0 saturated heterocycles. The third-order valence-electron chi connectivity index (χ3n) is 3.81. The van der Waals surface area contributed by atoms with E-state index in [0.717, 1.165) is 6.42 Å². The van der Waals surface area contributed by atoms with Crippen molar-refractivity contribution in [2.75, 3.05) is 0 Å². The smallest absolute Gasteiger partial charge is 0.271 e. The molecule has 6 heteroatoms. The first-order chi connectivity index (χ1) is 9.72. The predicted molar refractivity (Wildman–Crippen MR) is 79.7 cm³/mol. The topological polar surface area (TPSA) is 66.1 Å². The highest BCUT2D eigenvalue weighted by Gasteiger charge is 2.35. The summed E-state index contributed by atoms with van der Waals surface area (Å²) in [5.41, 5.74) is 5.79. The van der Waals surface area contributed by atoms with Crippen LogP contribution in [-0.2, 0) is 0 Å². The zero-order valence-corrected chi connectivity index (χ0v) is 11.7. The van der Waals surface area contributed by atoms with Crippen LogP contribution in [0.4, 0.5) is 0 Å². The largest absolute Gasteiger partial charge is 0.358 e. The number of aromatic nitrogens is 1. The highest BCUT2D eigenvalue weighted by atomic mass is 32.1. The molecule has 0 radical (unpaired) electrons. The van der Waals surface area contributed by atoms with Crippen LogP contribution in [0.5, 0.6) is 0 Å². The highest BCUT2D eigenvalue weighted by molar-refractivity contribution is 7.80. The van der Waals surface area contributed by atoms with Gasteiger partial charge in [0.2, 0.25) is 0 Å². The molecule has 3 rings (SSSR count). The van der Waals surface area contributed by atoms with Crippen molar-refractivity contribution >= 4 is 23.2 Å². The number of hydrogen-bond donors (Lipinski definition) is 3. The minimum Gasteiger partial charge on any atom is -0.358 e. The fourth-order valence-corrected chi connectivity index (χ4v) is 3.04. The zero-order valence-electron chi connectivity index (χ0n) is 10.9. The van der Waals surface area contributed by atoms with E-state index >= 15 is 0 Å². The second-order valence-corrected chi connectivity index (χ2v) is 5.59. The molecule has 20 heavy (non-hydrogen) atoms. The van der Waals surface area contributed by atoms with Crippen molar-refractivity contribution in [1.82, 2.24) is 21.2 Å². The van der Waals surface area contributed by atoms with Crippen molar-refractivity contribution in [2.24, 2.45) is 11.8 Å². The van der Waals surface area contributed by atoms with Crippen molar-refractivity contribution in [3.63, 3.8) is 0 Å². The van der Waals surface area contributed by atoms with Crippen LogP contribution in [0.1, 0.15) is 23.2 Å². The Morgan fingerprint density at radius 1 is 1.30 bits per heavy atom. The summed E-state index contributed by atoms with van der Waals surface area (Å²) in [7, 11) is 0. The van der Waals surface area contributed by atoms with Crippen LogP contribution in [0.15, 0.2) is 36.7 Å². The molecule has 1 aromatic rings. The number of fused-ring (bicyclic) bond motifs is 2. The van der Waals surface area contributed by atoms with E-state index in [1.54, 1.807) is 18.3 Å². The van der Waals surface area contributed by atoms with Gasteiger partial charge in [0, 0.05) is 18.4 Å². The van der Waals surface area contributed by atoms with E-state index in [2.05, 4.69) is 33.3 Å². The lowest BCUT2D eigenvalue weighted by atomic mass is 10.0. The summed E-state index contributed by atoms with van der Waals surface area (Å²) in [6.45, 7) is 0. The molecule has 3 N–H and O–H groups in total. The molecule has 1 heterocycles. The van der Waals surface area contributed by atoms with Crippen LogP contribution < -0.4 is 16.2 Å². The van der Waals surface area contributed by atoms with Gasteiger partial charge in [-0.2, -0.15) is 0 Å². The van der Waals surface area contributed by atoms with Crippen molar-refractivity contribution in [3.05, 3.63) is 42.2 Å². The lowest BCUT2D eigenvalue weighted by Crippen LogP contribution is -2.50. The molecule has 0 unspecified atom stereocenters. The summed E-state index contributed by atoms with van der Waals surface area (Å²) < 4.78 is 0. The van der Waals surface area contributed by atoms with E-state index in [4.69, 9.17) is 12.2 Å². The van der Waals surface area contributed by atoms with E-state index in [0.29, 0.717) is 28.6 Å². The zero-order chi connectivity index (χ0) is 13.9. The van der Waals surface area contributed by atoms with Gasteiger partial charge in [-0.05, 0) is 49.0 Å². The molecular formula is C14H16N4OS. The van der Waals surface area contributed by atoms with E-state index in [1.807, 2.05) is 0 Å². The predicted octanol–water partition coefficient (Wildman–Crippen LogP) is 1.16. The van der Waals surface area contributed by atoms with Gasteiger partial charge < -0.3 is 5.32 Å². The molecule has 2 aliphatic carbocycles. The number of carbonyl (C=O) groups is 1. The van der Waals surface area contributed by atoms with Crippen LogP contribution in [0.3, 0.4) is 0 Å². The van der Waals surface area contributed by atoms with Gasteiger partial charge >= 0.3 is 0 Å². The summed E-state index contributed by atoms with van der Waals surface area (Å²) in [6, 6.07) is 3.79. The van der Waals surface area contributed by atoms with Crippen LogP contribution >= 0.6 is 12.2 Å². The quantitative estimate of drug-likeness (QED) is 0.433. The summed E-state index contributed by atoms with van der Waals surface area (Å²) >= 11 is 5.20. The number of allylic oxidation sites excluding steroid dienone is 1. The van der Waals surface area contributed by atoms with Gasteiger partial charge in [-0.25, -0.2) is 0 Å². The van der Waals surface area contributed by atoms with Crippen LogP contribution in [0.25, 0.3) is 0 Å². The van der Waals surface area contributed by atoms with E-state index in [1.165, 1.54) is 12.6 Å². The molecule has 0 aliphatic heterocycles. The second-order valence-electron chi connectivity index (χ2n) is 5.18.